The molecular formula is C14H28N2O2. The van der Waals surface area contributed by atoms with E-state index in [4.69, 9.17) is 4.74 Å². The summed E-state index contributed by atoms with van der Waals surface area (Å²) in [5.41, 5.74) is 0. The molecule has 0 radical (unpaired) electrons. The molecule has 106 valence electrons. The molecule has 4 heteroatoms. The number of carbonyl (C=O) groups excluding carboxylic acids is 1. The summed E-state index contributed by atoms with van der Waals surface area (Å²) >= 11 is 0. The number of amides is 1. The number of nitrogens with zero attached hydrogens (tertiary/aromatic N) is 1. The smallest absolute Gasteiger partial charge is 0.239 e. The van der Waals surface area contributed by atoms with Crippen LogP contribution >= 0.6 is 0 Å². The molecule has 1 rings (SSSR count). The number of ether oxygens (including phenoxy) is 1. The molecule has 1 N–H and O–H groups in total. The van der Waals surface area contributed by atoms with Crippen LogP contribution in [0.15, 0.2) is 0 Å². The molecule has 0 saturated carbocycles. The quantitative estimate of drug-likeness (QED) is 0.606. The third-order valence-electron chi connectivity index (χ3n) is 3.30. The number of nitrogens with one attached hydrogen (secondary N) is 1. The van der Waals surface area contributed by atoms with Gasteiger partial charge in [0.1, 0.15) is 0 Å². The van der Waals surface area contributed by atoms with Crippen molar-refractivity contribution in [3.8, 4) is 0 Å². The van der Waals surface area contributed by atoms with E-state index in [0.29, 0.717) is 0 Å². The molecule has 18 heavy (non-hydrogen) atoms. The third kappa shape index (κ3) is 5.36. The minimum atomic E-state index is 0.0611. The number of likely N-dealkylation sites (tertiary alicyclic amines) is 1. The van der Waals surface area contributed by atoms with Crippen molar-refractivity contribution in [3.05, 3.63) is 0 Å². The van der Waals surface area contributed by atoms with Gasteiger partial charge >= 0.3 is 0 Å². The fourth-order valence-corrected chi connectivity index (χ4v) is 2.17. The molecule has 1 aliphatic heterocycles. The Balaban J connectivity index is 2.07. The van der Waals surface area contributed by atoms with E-state index in [1.165, 1.54) is 6.42 Å². The predicted octanol–water partition coefficient (Wildman–Crippen LogP) is 1.79. The summed E-state index contributed by atoms with van der Waals surface area (Å²) in [4.78, 5) is 14.0. The van der Waals surface area contributed by atoms with E-state index >= 15 is 0 Å². The van der Waals surface area contributed by atoms with Crippen LogP contribution in [0.2, 0.25) is 0 Å². The number of hydrogen-bond acceptors (Lipinski definition) is 3. The van der Waals surface area contributed by atoms with E-state index in [1.807, 2.05) is 4.90 Å². The van der Waals surface area contributed by atoms with Crippen molar-refractivity contribution in [1.82, 2.24) is 10.2 Å². The van der Waals surface area contributed by atoms with Crippen LogP contribution in [-0.4, -0.2) is 49.7 Å². The Labute approximate surface area is 111 Å². The monoisotopic (exact) mass is 256 g/mol. The Morgan fingerprint density at radius 1 is 1.28 bits per heavy atom. The summed E-state index contributed by atoms with van der Waals surface area (Å²) in [6.07, 6.45) is 5.29. The number of hydrogen-bond donors (Lipinski definition) is 1. The van der Waals surface area contributed by atoms with Crippen molar-refractivity contribution in [1.29, 1.82) is 0 Å². The van der Waals surface area contributed by atoms with E-state index in [0.717, 1.165) is 58.5 Å². The largest absolute Gasteiger partial charge is 0.381 e. The summed E-state index contributed by atoms with van der Waals surface area (Å²) in [6.45, 7) is 8.59. The standard InChI is InChI=1S/C14H28N2O2/c1-3-5-11-18-12-6-9-16-10-7-13(14(16)17)15-8-4-2/h13,15H,3-12H2,1-2H3. The van der Waals surface area contributed by atoms with Crippen molar-refractivity contribution in [2.45, 2.75) is 52.0 Å². The summed E-state index contributed by atoms with van der Waals surface area (Å²) in [6, 6.07) is 0.0611. The zero-order valence-corrected chi connectivity index (χ0v) is 11.9. The van der Waals surface area contributed by atoms with Gasteiger partial charge in [0.05, 0.1) is 6.04 Å². The lowest BCUT2D eigenvalue weighted by molar-refractivity contribution is -0.129. The molecule has 1 heterocycles. The van der Waals surface area contributed by atoms with Crippen molar-refractivity contribution in [2.75, 3.05) is 32.8 Å². The van der Waals surface area contributed by atoms with Crippen LogP contribution in [0.4, 0.5) is 0 Å². The van der Waals surface area contributed by atoms with Crippen LogP contribution in [0, 0.1) is 0 Å². The van der Waals surface area contributed by atoms with Crippen LogP contribution in [0.1, 0.15) is 46.0 Å². The Bertz CT molecular complexity index is 234. The number of carbonyl (C=O) groups is 1. The second-order valence-corrected chi connectivity index (χ2v) is 4.94. The Morgan fingerprint density at radius 2 is 2.06 bits per heavy atom. The van der Waals surface area contributed by atoms with Gasteiger partial charge in [-0.1, -0.05) is 20.3 Å². The molecule has 0 aromatic carbocycles. The average molecular weight is 256 g/mol. The molecule has 0 aromatic rings. The molecule has 1 amide bonds. The average Bonchev–Trinajstić information content (AvgIpc) is 2.72. The topological polar surface area (TPSA) is 41.6 Å². The zero-order valence-electron chi connectivity index (χ0n) is 11.9. The molecule has 4 nitrogen and oxygen atoms in total. The maximum atomic E-state index is 12.0. The third-order valence-corrected chi connectivity index (χ3v) is 3.30. The Kier molecular flexibility index (Phi) is 8.01. The van der Waals surface area contributed by atoms with Gasteiger partial charge in [-0.2, -0.15) is 0 Å². The van der Waals surface area contributed by atoms with Crippen LogP contribution < -0.4 is 5.32 Å². The molecule has 0 aromatic heterocycles. The number of rotatable bonds is 10. The molecule has 1 saturated heterocycles. The fourth-order valence-electron chi connectivity index (χ4n) is 2.17. The number of unbranched alkanes of at least 4 members (excludes halogenated alkanes) is 1. The van der Waals surface area contributed by atoms with Crippen LogP contribution in [0.5, 0.6) is 0 Å². The lowest BCUT2D eigenvalue weighted by Gasteiger charge is -2.17. The van der Waals surface area contributed by atoms with Crippen LogP contribution in [-0.2, 0) is 9.53 Å². The Hall–Kier alpha value is -0.610. The summed E-state index contributed by atoms with van der Waals surface area (Å²) < 4.78 is 5.51. The van der Waals surface area contributed by atoms with Gasteiger partial charge in [-0.05, 0) is 32.2 Å². The molecular weight excluding hydrogens is 228 g/mol. The van der Waals surface area contributed by atoms with Gasteiger partial charge in [0, 0.05) is 26.3 Å². The van der Waals surface area contributed by atoms with E-state index in [9.17, 15) is 4.79 Å². The van der Waals surface area contributed by atoms with E-state index < -0.39 is 0 Å². The van der Waals surface area contributed by atoms with E-state index in [2.05, 4.69) is 19.2 Å². The second-order valence-electron chi connectivity index (χ2n) is 4.94. The van der Waals surface area contributed by atoms with E-state index in [1.54, 1.807) is 0 Å². The highest BCUT2D eigenvalue weighted by Crippen LogP contribution is 2.11. The van der Waals surface area contributed by atoms with Gasteiger partial charge in [-0.25, -0.2) is 0 Å². The first kappa shape index (κ1) is 15.4. The molecule has 1 atom stereocenters. The highest BCUT2D eigenvalue weighted by atomic mass is 16.5. The first-order valence-electron chi connectivity index (χ1n) is 7.39. The van der Waals surface area contributed by atoms with Crippen LogP contribution in [0.3, 0.4) is 0 Å². The van der Waals surface area contributed by atoms with E-state index in [-0.39, 0.29) is 11.9 Å². The van der Waals surface area contributed by atoms with Crippen LogP contribution in [0.25, 0.3) is 0 Å². The lowest BCUT2D eigenvalue weighted by atomic mass is 10.2. The zero-order chi connectivity index (χ0) is 13.2. The van der Waals surface area contributed by atoms with Crippen molar-refractivity contribution >= 4 is 5.91 Å². The highest BCUT2D eigenvalue weighted by Gasteiger charge is 2.30. The first-order valence-corrected chi connectivity index (χ1v) is 7.39. The molecule has 0 bridgehead atoms. The molecule has 1 fully saturated rings. The van der Waals surface area contributed by atoms with Gasteiger partial charge in [-0.3, -0.25) is 4.79 Å². The normalized spacial score (nSPS) is 19.8. The minimum Gasteiger partial charge on any atom is -0.381 e. The fraction of sp³-hybridized carbons (Fsp3) is 0.929. The maximum absolute atomic E-state index is 12.0. The van der Waals surface area contributed by atoms with Crippen molar-refractivity contribution in [3.63, 3.8) is 0 Å². The molecule has 1 unspecified atom stereocenters. The van der Waals surface area contributed by atoms with Gasteiger partial charge in [0.2, 0.25) is 5.91 Å². The lowest BCUT2D eigenvalue weighted by Crippen LogP contribution is -2.39. The molecule has 1 aliphatic rings. The SMILES string of the molecule is CCCCOCCCN1CCC(NCCC)C1=O. The summed E-state index contributed by atoms with van der Waals surface area (Å²) in [7, 11) is 0. The Morgan fingerprint density at radius 3 is 2.78 bits per heavy atom. The highest BCUT2D eigenvalue weighted by molar-refractivity contribution is 5.83. The van der Waals surface area contributed by atoms with Gasteiger partial charge in [0.25, 0.3) is 0 Å². The maximum Gasteiger partial charge on any atom is 0.239 e. The van der Waals surface area contributed by atoms with Gasteiger partial charge in [-0.15, -0.1) is 0 Å². The van der Waals surface area contributed by atoms with Gasteiger partial charge in [0.15, 0.2) is 0 Å². The van der Waals surface area contributed by atoms with Crippen molar-refractivity contribution in [2.24, 2.45) is 0 Å². The van der Waals surface area contributed by atoms with Gasteiger partial charge < -0.3 is 15.0 Å². The second kappa shape index (κ2) is 9.34. The first-order chi connectivity index (χ1) is 8.79. The summed E-state index contributed by atoms with van der Waals surface area (Å²) in [5.74, 6) is 0.275. The molecule has 0 aliphatic carbocycles. The van der Waals surface area contributed by atoms with Crippen molar-refractivity contribution < 1.29 is 9.53 Å². The predicted molar refractivity (Wildman–Crippen MR) is 73.6 cm³/mol. The summed E-state index contributed by atoms with van der Waals surface area (Å²) in [5, 5.41) is 3.31. The minimum absolute atomic E-state index is 0.0611. The molecule has 0 spiro atoms.